The van der Waals surface area contributed by atoms with E-state index in [0.29, 0.717) is 0 Å². The number of hydrogen-bond acceptors (Lipinski definition) is 3. The van der Waals surface area contributed by atoms with Crippen LogP contribution in [0.4, 0.5) is 0 Å². The second-order valence-corrected chi connectivity index (χ2v) is 3.69. The van der Waals surface area contributed by atoms with Crippen molar-refractivity contribution in [3.8, 4) is 5.75 Å². The molecule has 0 bridgehead atoms. The molecular formula is C13H18O3. The van der Waals surface area contributed by atoms with Gasteiger partial charge in [0.25, 0.3) is 0 Å². The van der Waals surface area contributed by atoms with E-state index in [1.54, 1.807) is 7.11 Å². The molecule has 0 aliphatic rings. The van der Waals surface area contributed by atoms with Crippen LogP contribution < -0.4 is 4.74 Å². The first-order valence-electron chi connectivity index (χ1n) is 5.35. The van der Waals surface area contributed by atoms with E-state index in [4.69, 9.17) is 9.47 Å². The van der Waals surface area contributed by atoms with Gasteiger partial charge in [-0.15, -0.1) is 0 Å². The molecule has 0 fully saturated rings. The lowest BCUT2D eigenvalue weighted by atomic mass is 10.0. The zero-order chi connectivity index (χ0) is 12.0. The lowest BCUT2D eigenvalue weighted by Crippen LogP contribution is -2.03. The average molecular weight is 222 g/mol. The molecule has 0 spiro atoms. The fraction of sp³-hybridized carbons (Fsp3) is 0.462. The minimum atomic E-state index is 0.109. The van der Waals surface area contributed by atoms with Crippen molar-refractivity contribution < 1.29 is 14.3 Å². The van der Waals surface area contributed by atoms with Gasteiger partial charge in [-0.05, 0) is 43.0 Å². The summed E-state index contributed by atoms with van der Waals surface area (Å²) >= 11 is 0. The molecule has 0 unspecified atom stereocenters. The SMILES string of the molecule is COCCc1ccc(OCC=O)c(C)c1C. The van der Waals surface area contributed by atoms with Gasteiger partial charge in [0, 0.05) is 7.11 Å². The topological polar surface area (TPSA) is 35.5 Å². The third-order valence-electron chi connectivity index (χ3n) is 2.73. The lowest BCUT2D eigenvalue weighted by Gasteiger charge is -2.13. The Morgan fingerprint density at radius 2 is 2.00 bits per heavy atom. The Balaban J connectivity index is 2.84. The number of carbonyl (C=O) groups is 1. The van der Waals surface area contributed by atoms with E-state index in [0.717, 1.165) is 30.6 Å². The van der Waals surface area contributed by atoms with Crippen LogP contribution in [-0.2, 0) is 16.0 Å². The molecule has 0 saturated carbocycles. The Bertz CT molecular complexity index is 358. The molecule has 0 saturated heterocycles. The summed E-state index contributed by atoms with van der Waals surface area (Å²) < 4.78 is 10.4. The maximum Gasteiger partial charge on any atom is 0.157 e. The van der Waals surface area contributed by atoms with Crippen LogP contribution in [0.3, 0.4) is 0 Å². The number of ether oxygens (including phenoxy) is 2. The van der Waals surface area contributed by atoms with Crippen molar-refractivity contribution in [2.75, 3.05) is 20.3 Å². The Morgan fingerprint density at radius 1 is 1.25 bits per heavy atom. The van der Waals surface area contributed by atoms with Crippen molar-refractivity contribution in [3.63, 3.8) is 0 Å². The van der Waals surface area contributed by atoms with Gasteiger partial charge in [-0.2, -0.15) is 0 Å². The van der Waals surface area contributed by atoms with Crippen LogP contribution in [-0.4, -0.2) is 26.6 Å². The van der Waals surface area contributed by atoms with E-state index in [-0.39, 0.29) is 6.61 Å². The number of aldehydes is 1. The number of carbonyl (C=O) groups excluding carboxylic acids is 1. The fourth-order valence-corrected chi connectivity index (χ4v) is 1.61. The molecule has 0 heterocycles. The van der Waals surface area contributed by atoms with Crippen LogP contribution in [0.5, 0.6) is 5.75 Å². The van der Waals surface area contributed by atoms with Gasteiger partial charge in [0.2, 0.25) is 0 Å². The summed E-state index contributed by atoms with van der Waals surface area (Å²) in [4.78, 5) is 10.2. The van der Waals surface area contributed by atoms with E-state index < -0.39 is 0 Å². The largest absolute Gasteiger partial charge is 0.486 e. The quantitative estimate of drug-likeness (QED) is 0.691. The lowest BCUT2D eigenvalue weighted by molar-refractivity contribution is -0.109. The highest BCUT2D eigenvalue weighted by Gasteiger charge is 2.06. The van der Waals surface area contributed by atoms with Gasteiger partial charge in [0.1, 0.15) is 12.4 Å². The van der Waals surface area contributed by atoms with E-state index in [2.05, 4.69) is 6.92 Å². The minimum absolute atomic E-state index is 0.109. The second-order valence-electron chi connectivity index (χ2n) is 3.69. The highest BCUT2D eigenvalue weighted by Crippen LogP contribution is 2.24. The monoisotopic (exact) mass is 222 g/mol. The number of methoxy groups -OCH3 is 1. The molecule has 0 radical (unpaired) electrons. The maximum atomic E-state index is 10.2. The zero-order valence-electron chi connectivity index (χ0n) is 10.1. The van der Waals surface area contributed by atoms with Crippen molar-refractivity contribution in [3.05, 3.63) is 28.8 Å². The van der Waals surface area contributed by atoms with E-state index in [9.17, 15) is 4.79 Å². The molecule has 1 aromatic rings. The summed E-state index contributed by atoms with van der Waals surface area (Å²) in [6, 6.07) is 3.94. The zero-order valence-corrected chi connectivity index (χ0v) is 10.1. The highest BCUT2D eigenvalue weighted by molar-refractivity contribution is 5.52. The molecule has 0 aromatic heterocycles. The Labute approximate surface area is 96.4 Å². The summed E-state index contributed by atoms with van der Waals surface area (Å²) in [5.74, 6) is 0.783. The molecule has 0 amide bonds. The Morgan fingerprint density at radius 3 is 2.62 bits per heavy atom. The van der Waals surface area contributed by atoms with Crippen molar-refractivity contribution >= 4 is 6.29 Å². The number of rotatable bonds is 6. The summed E-state index contributed by atoms with van der Waals surface area (Å²) in [6.07, 6.45) is 1.66. The van der Waals surface area contributed by atoms with Crippen molar-refractivity contribution in [2.45, 2.75) is 20.3 Å². The molecule has 1 rings (SSSR count). The molecular weight excluding hydrogens is 204 g/mol. The first-order chi connectivity index (χ1) is 7.70. The predicted molar refractivity (Wildman–Crippen MR) is 63.1 cm³/mol. The van der Waals surface area contributed by atoms with Gasteiger partial charge in [-0.1, -0.05) is 6.07 Å². The third-order valence-corrected chi connectivity index (χ3v) is 2.73. The Kier molecular flexibility index (Phi) is 4.99. The van der Waals surface area contributed by atoms with Gasteiger partial charge >= 0.3 is 0 Å². The third kappa shape index (κ3) is 3.07. The summed E-state index contributed by atoms with van der Waals surface area (Å²) in [6.45, 7) is 4.90. The highest BCUT2D eigenvalue weighted by atomic mass is 16.5. The molecule has 0 aliphatic carbocycles. The van der Waals surface area contributed by atoms with Crippen LogP contribution in [0, 0.1) is 13.8 Å². The number of benzene rings is 1. The average Bonchev–Trinajstić information content (AvgIpc) is 2.30. The van der Waals surface area contributed by atoms with E-state index in [1.807, 2.05) is 19.1 Å². The van der Waals surface area contributed by atoms with Crippen LogP contribution >= 0.6 is 0 Å². The van der Waals surface area contributed by atoms with Gasteiger partial charge in [0.15, 0.2) is 6.29 Å². The summed E-state index contributed by atoms with van der Waals surface area (Å²) in [7, 11) is 1.70. The van der Waals surface area contributed by atoms with Crippen molar-refractivity contribution in [1.29, 1.82) is 0 Å². The molecule has 3 heteroatoms. The molecule has 0 N–H and O–H groups in total. The normalized spacial score (nSPS) is 10.2. The molecule has 16 heavy (non-hydrogen) atoms. The smallest absolute Gasteiger partial charge is 0.157 e. The van der Waals surface area contributed by atoms with Gasteiger partial charge in [-0.3, -0.25) is 4.79 Å². The first kappa shape index (κ1) is 12.7. The van der Waals surface area contributed by atoms with Gasteiger partial charge in [0.05, 0.1) is 6.61 Å². The van der Waals surface area contributed by atoms with Gasteiger partial charge < -0.3 is 9.47 Å². The predicted octanol–water partition coefficient (Wildman–Crippen LogP) is 2.07. The second kappa shape index (κ2) is 6.28. The molecule has 0 aliphatic heterocycles. The molecule has 0 atom stereocenters. The summed E-state index contributed by atoms with van der Waals surface area (Å²) in [5.41, 5.74) is 3.56. The van der Waals surface area contributed by atoms with Crippen LogP contribution in [0.1, 0.15) is 16.7 Å². The maximum absolute atomic E-state index is 10.2. The summed E-state index contributed by atoms with van der Waals surface area (Å²) in [5, 5.41) is 0. The standard InChI is InChI=1S/C13H18O3/c1-10-11(2)13(16-9-7-14)5-4-12(10)6-8-15-3/h4-5,7H,6,8-9H2,1-3H3. The van der Waals surface area contributed by atoms with E-state index in [1.165, 1.54) is 11.1 Å². The number of hydrogen-bond donors (Lipinski definition) is 0. The van der Waals surface area contributed by atoms with Gasteiger partial charge in [-0.25, -0.2) is 0 Å². The van der Waals surface area contributed by atoms with E-state index >= 15 is 0 Å². The molecule has 1 aromatic carbocycles. The molecule has 88 valence electrons. The first-order valence-corrected chi connectivity index (χ1v) is 5.35. The Hall–Kier alpha value is -1.35. The fourth-order valence-electron chi connectivity index (χ4n) is 1.61. The van der Waals surface area contributed by atoms with Crippen LogP contribution in [0.15, 0.2) is 12.1 Å². The van der Waals surface area contributed by atoms with Crippen molar-refractivity contribution in [1.82, 2.24) is 0 Å². The van der Waals surface area contributed by atoms with Crippen LogP contribution in [0.2, 0.25) is 0 Å². The van der Waals surface area contributed by atoms with Crippen molar-refractivity contribution in [2.24, 2.45) is 0 Å². The molecule has 3 nitrogen and oxygen atoms in total. The van der Waals surface area contributed by atoms with Crippen LogP contribution in [0.25, 0.3) is 0 Å². The minimum Gasteiger partial charge on any atom is -0.486 e.